The summed E-state index contributed by atoms with van der Waals surface area (Å²) in [5.74, 6) is 1.81. The lowest BCUT2D eigenvalue weighted by atomic mass is 10.1. The van der Waals surface area contributed by atoms with Crippen molar-refractivity contribution in [2.75, 3.05) is 12.3 Å². The Balaban J connectivity index is 2.92. The molecule has 0 aromatic heterocycles. The Morgan fingerprint density at radius 3 is 1.46 bits per heavy atom. The molecule has 0 saturated carbocycles. The van der Waals surface area contributed by atoms with Crippen LogP contribution in [0.5, 0.6) is 0 Å². The van der Waals surface area contributed by atoms with Crippen molar-refractivity contribution in [3.63, 3.8) is 0 Å². The third-order valence-electron chi connectivity index (χ3n) is 2.27. The van der Waals surface area contributed by atoms with Crippen LogP contribution in [0.1, 0.15) is 53.4 Å². The summed E-state index contributed by atoms with van der Waals surface area (Å²) in [4.78, 5) is 0. The first-order valence-corrected chi connectivity index (χ1v) is 7.25. The van der Waals surface area contributed by atoms with Crippen molar-refractivity contribution in [2.24, 2.45) is 11.8 Å². The molecule has 1 heteroatoms. The average Bonchev–Trinajstić information content (AvgIpc) is 2.01. The van der Waals surface area contributed by atoms with Crippen LogP contribution in [0.25, 0.3) is 0 Å². The van der Waals surface area contributed by atoms with Gasteiger partial charge in [0.2, 0.25) is 0 Å². The minimum atomic E-state index is 0.903. The van der Waals surface area contributed by atoms with Crippen molar-refractivity contribution in [1.82, 2.24) is 0 Å². The van der Waals surface area contributed by atoms with Crippen LogP contribution in [0.15, 0.2) is 0 Å². The largest absolute Gasteiger partial charge is 0.122 e. The molecule has 0 aromatic rings. The van der Waals surface area contributed by atoms with Crippen LogP contribution in [-0.4, -0.2) is 12.3 Å². The standard InChI is InChI=1S/C12H27P/c1-11(2)7-5-9-13-10-6-8-12(3)4/h11-13H,5-10H2,1-4H3. The Bertz CT molecular complexity index is 85.3. The third-order valence-corrected chi connectivity index (χ3v) is 3.68. The van der Waals surface area contributed by atoms with E-state index in [0.717, 1.165) is 11.8 Å². The van der Waals surface area contributed by atoms with Gasteiger partial charge in [0.05, 0.1) is 0 Å². The highest BCUT2D eigenvalue weighted by Crippen LogP contribution is 2.18. The zero-order chi connectivity index (χ0) is 10.1. The molecule has 0 fully saturated rings. The van der Waals surface area contributed by atoms with Gasteiger partial charge in [-0.15, -0.1) is 8.58 Å². The van der Waals surface area contributed by atoms with Crippen molar-refractivity contribution in [3.05, 3.63) is 0 Å². The molecule has 0 spiro atoms. The third kappa shape index (κ3) is 12.4. The van der Waals surface area contributed by atoms with Crippen LogP contribution in [0, 0.1) is 11.8 Å². The quantitative estimate of drug-likeness (QED) is 0.400. The summed E-state index contributed by atoms with van der Waals surface area (Å²) in [7, 11) is 1.23. The maximum absolute atomic E-state index is 2.32. The van der Waals surface area contributed by atoms with Crippen LogP contribution in [0.4, 0.5) is 0 Å². The minimum absolute atomic E-state index is 0.903. The van der Waals surface area contributed by atoms with Crippen molar-refractivity contribution in [3.8, 4) is 0 Å². The van der Waals surface area contributed by atoms with E-state index in [2.05, 4.69) is 27.7 Å². The van der Waals surface area contributed by atoms with E-state index < -0.39 is 0 Å². The summed E-state index contributed by atoms with van der Waals surface area (Å²) in [6.07, 6.45) is 8.73. The van der Waals surface area contributed by atoms with Crippen LogP contribution < -0.4 is 0 Å². The molecule has 0 unspecified atom stereocenters. The van der Waals surface area contributed by atoms with Crippen LogP contribution in [0.3, 0.4) is 0 Å². The molecule has 0 saturated heterocycles. The zero-order valence-corrected chi connectivity index (χ0v) is 10.9. The molecule has 0 amide bonds. The van der Waals surface area contributed by atoms with Gasteiger partial charge < -0.3 is 0 Å². The first-order chi connectivity index (χ1) is 6.13. The van der Waals surface area contributed by atoms with E-state index in [1.807, 2.05) is 0 Å². The maximum Gasteiger partial charge on any atom is -0.0353 e. The first kappa shape index (κ1) is 13.4. The van der Waals surface area contributed by atoms with E-state index in [0.29, 0.717) is 0 Å². The van der Waals surface area contributed by atoms with E-state index in [4.69, 9.17) is 0 Å². The number of hydrogen-bond donors (Lipinski definition) is 0. The Hall–Kier alpha value is 0.430. The van der Waals surface area contributed by atoms with Gasteiger partial charge in [-0.3, -0.25) is 0 Å². The van der Waals surface area contributed by atoms with Crippen LogP contribution in [-0.2, 0) is 0 Å². The maximum atomic E-state index is 2.32. The molecule has 0 atom stereocenters. The molecule has 0 aromatic carbocycles. The Morgan fingerprint density at radius 1 is 0.769 bits per heavy atom. The molecule has 0 rings (SSSR count). The Morgan fingerprint density at radius 2 is 1.15 bits per heavy atom. The second-order valence-corrected chi connectivity index (χ2v) is 6.32. The molecule has 13 heavy (non-hydrogen) atoms. The van der Waals surface area contributed by atoms with Crippen molar-refractivity contribution in [2.45, 2.75) is 53.4 Å². The van der Waals surface area contributed by atoms with Gasteiger partial charge in [-0.25, -0.2) is 0 Å². The monoisotopic (exact) mass is 202 g/mol. The van der Waals surface area contributed by atoms with Gasteiger partial charge >= 0.3 is 0 Å². The Kier molecular flexibility index (Phi) is 9.30. The van der Waals surface area contributed by atoms with Gasteiger partial charge in [0.15, 0.2) is 0 Å². The topological polar surface area (TPSA) is 0 Å². The highest BCUT2D eigenvalue weighted by molar-refractivity contribution is 7.37. The molecule has 0 aliphatic carbocycles. The van der Waals surface area contributed by atoms with Crippen molar-refractivity contribution >= 4 is 8.58 Å². The summed E-state index contributed by atoms with van der Waals surface area (Å²) in [5.41, 5.74) is 0. The molecular formula is C12H27P. The molecule has 0 aliphatic heterocycles. The van der Waals surface area contributed by atoms with E-state index in [1.165, 1.54) is 46.6 Å². The van der Waals surface area contributed by atoms with Gasteiger partial charge in [-0.05, 0) is 37.0 Å². The second kappa shape index (κ2) is 9.00. The summed E-state index contributed by atoms with van der Waals surface area (Å²) in [6, 6.07) is 0. The average molecular weight is 202 g/mol. The highest BCUT2D eigenvalue weighted by atomic mass is 31.1. The van der Waals surface area contributed by atoms with Crippen LogP contribution >= 0.6 is 8.58 Å². The Labute approximate surface area is 86.7 Å². The summed E-state index contributed by atoms with van der Waals surface area (Å²) in [5, 5.41) is 0. The van der Waals surface area contributed by atoms with E-state index in [1.54, 1.807) is 0 Å². The molecule has 0 N–H and O–H groups in total. The minimum Gasteiger partial charge on any atom is -0.122 e. The lowest BCUT2D eigenvalue weighted by Crippen LogP contribution is -1.90. The predicted molar refractivity (Wildman–Crippen MR) is 66.2 cm³/mol. The van der Waals surface area contributed by atoms with Crippen LogP contribution in [0.2, 0.25) is 0 Å². The molecule has 0 radical (unpaired) electrons. The van der Waals surface area contributed by atoms with E-state index in [-0.39, 0.29) is 0 Å². The first-order valence-electron chi connectivity index (χ1n) is 5.83. The fraction of sp³-hybridized carbons (Fsp3) is 1.00. The van der Waals surface area contributed by atoms with Gasteiger partial charge in [-0.1, -0.05) is 40.5 Å². The van der Waals surface area contributed by atoms with Crippen molar-refractivity contribution < 1.29 is 0 Å². The lowest BCUT2D eigenvalue weighted by Gasteiger charge is -2.05. The summed E-state index contributed by atoms with van der Waals surface area (Å²) < 4.78 is 0. The summed E-state index contributed by atoms with van der Waals surface area (Å²) >= 11 is 0. The van der Waals surface area contributed by atoms with Gasteiger partial charge in [0, 0.05) is 0 Å². The normalized spacial score (nSPS) is 11.5. The van der Waals surface area contributed by atoms with E-state index >= 15 is 0 Å². The zero-order valence-electron chi connectivity index (χ0n) is 9.90. The molecule has 0 bridgehead atoms. The molecule has 80 valence electrons. The number of hydrogen-bond acceptors (Lipinski definition) is 0. The molecular weight excluding hydrogens is 175 g/mol. The number of rotatable bonds is 8. The fourth-order valence-corrected chi connectivity index (χ4v) is 2.55. The van der Waals surface area contributed by atoms with Gasteiger partial charge in [-0.2, -0.15) is 0 Å². The predicted octanol–water partition coefficient (Wildman–Crippen LogP) is 4.54. The molecule has 0 nitrogen and oxygen atoms in total. The molecule has 0 heterocycles. The van der Waals surface area contributed by atoms with E-state index in [9.17, 15) is 0 Å². The van der Waals surface area contributed by atoms with Gasteiger partial charge in [0.1, 0.15) is 0 Å². The molecule has 0 aliphatic rings. The highest BCUT2D eigenvalue weighted by Gasteiger charge is 1.95. The summed E-state index contributed by atoms with van der Waals surface area (Å²) in [6.45, 7) is 9.29. The van der Waals surface area contributed by atoms with Crippen molar-refractivity contribution in [1.29, 1.82) is 0 Å². The second-order valence-electron chi connectivity index (χ2n) is 4.82. The SMILES string of the molecule is CC(C)CCCPCCCC(C)C. The lowest BCUT2D eigenvalue weighted by molar-refractivity contribution is 0.574. The van der Waals surface area contributed by atoms with Gasteiger partial charge in [0.25, 0.3) is 0 Å². The smallest absolute Gasteiger partial charge is 0.0353 e. The fourth-order valence-electron chi connectivity index (χ4n) is 1.40.